The molecule has 8 heteroatoms. The van der Waals surface area contributed by atoms with Crippen molar-refractivity contribution in [3.05, 3.63) is 48.0 Å². The van der Waals surface area contributed by atoms with Gasteiger partial charge in [-0.25, -0.2) is 8.78 Å². The number of amides is 2. The molecule has 1 atom stereocenters. The Kier molecular flexibility index (Phi) is 3.87. The molecule has 0 unspecified atom stereocenters. The summed E-state index contributed by atoms with van der Waals surface area (Å²) in [6.07, 6.45) is 0.639. The number of aromatic nitrogens is 2. The Bertz CT molecular complexity index is 1030. The number of halogens is 2. The molecule has 2 heterocycles. The Morgan fingerprint density at radius 3 is 2.81 bits per heavy atom. The van der Waals surface area contributed by atoms with Crippen LogP contribution >= 0.6 is 0 Å². The molecule has 6 nitrogen and oxygen atoms in total. The molecule has 0 spiro atoms. The molecule has 0 bridgehead atoms. The molecule has 1 aliphatic heterocycles. The van der Waals surface area contributed by atoms with Crippen LogP contribution in [0.2, 0.25) is 0 Å². The largest absolute Gasteiger partial charge is 0.344 e. The first-order chi connectivity index (χ1) is 12.5. The number of nitrogens with zero attached hydrogens (tertiary/aromatic N) is 1. The van der Waals surface area contributed by atoms with E-state index in [1.165, 1.54) is 24.3 Å². The van der Waals surface area contributed by atoms with Crippen LogP contribution in [0.1, 0.15) is 12.8 Å². The number of carbonyl (C=O) groups is 2. The predicted octanol–water partition coefficient (Wildman–Crippen LogP) is 2.73. The molecule has 0 radical (unpaired) electrons. The summed E-state index contributed by atoms with van der Waals surface area (Å²) in [5, 5.41) is 12.0. The summed E-state index contributed by atoms with van der Waals surface area (Å²) in [4.78, 5) is 23.5. The van der Waals surface area contributed by atoms with Crippen molar-refractivity contribution in [1.29, 1.82) is 0 Å². The van der Waals surface area contributed by atoms with E-state index in [9.17, 15) is 14.0 Å². The highest BCUT2D eigenvalue weighted by Gasteiger charge is 2.28. The van der Waals surface area contributed by atoms with Gasteiger partial charge < -0.3 is 10.6 Å². The summed E-state index contributed by atoms with van der Waals surface area (Å²) in [5.74, 6) is -1.82. The van der Waals surface area contributed by atoms with Crippen molar-refractivity contribution in [3.8, 4) is 11.3 Å². The molecule has 1 fully saturated rings. The maximum atomic E-state index is 15.0. The number of hydrogen-bond acceptors (Lipinski definition) is 3. The van der Waals surface area contributed by atoms with Crippen molar-refractivity contribution in [3.63, 3.8) is 0 Å². The lowest BCUT2D eigenvalue weighted by Crippen LogP contribution is -2.37. The highest BCUT2D eigenvalue weighted by atomic mass is 19.1. The van der Waals surface area contributed by atoms with E-state index < -0.39 is 23.6 Å². The third-order valence-electron chi connectivity index (χ3n) is 4.33. The molecule has 132 valence electrons. The lowest BCUT2D eigenvalue weighted by molar-refractivity contribution is -0.122. The van der Waals surface area contributed by atoms with Gasteiger partial charge >= 0.3 is 0 Å². The van der Waals surface area contributed by atoms with Crippen molar-refractivity contribution in [2.45, 2.75) is 18.9 Å². The Morgan fingerprint density at radius 2 is 2.08 bits per heavy atom. The minimum Gasteiger partial charge on any atom is -0.344 e. The highest BCUT2D eigenvalue weighted by Crippen LogP contribution is 2.32. The molecule has 1 aliphatic rings. The molecular formula is C18H14F2N4O2. The second kappa shape index (κ2) is 6.21. The Hall–Kier alpha value is -3.29. The molecule has 3 aromatic rings. The second-order valence-electron chi connectivity index (χ2n) is 6.08. The van der Waals surface area contributed by atoms with Crippen LogP contribution in [0.5, 0.6) is 0 Å². The van der Waals surface area contributed by atoms with Crippen LogP contribution < -0.4 is 10.6 Å². The third-order valence-corrected chi connectivity index (χ3v) is 4.33. The highest BCUT2D eigenvalue weighted by molar-refractivity contribution is 6.02. The first-order valence-electron chi connectivity index (χ1n) is 8.05. The van der Waals surface area contributed by atoms with Gasteiger partial charge in [-0.3, -0.25) is 14.7 Å². The topological polar surface area (TPSA) is 86.9 Å². The average Bonchev–Trinajstić information content (AvgIpc) is 3.24. The predicted molar refractivity (Wildman–Crippen MR) is 91.2 cm³/mol. The molecular weight excluding hydrogens is 342 g/mol. The van der Waals surface area contributed by atoms with Crippen LogP contribution in [-0.2, 0) is 9.59 Å². The standard InChI is InChI=1S/C18H14F2N4O2/c19-10-3-1-2-9(8-10)17-15-11(23-24-17)4-5-12(16(15)20)22-18(26)13-6-7-14(25)21-13/h1-5,8,13H,6-7H2,(H,21,25)(H,22,26)(H,23,24)/t13-/m1/s1. The summed E-state index contributed by atoms with van der Waals surface area (Å²) < 4.78 is 28.5. The summed E-state index contributed by atoms with van der Waals surface area (Å²) in [5.41, 5.74) is 1.07. The minimum absolute atomic E-state index is 0.0253. The van der Waals surface area contributed by atoms with E-state index in [-0.39, 0.29) is 29.1 Å². The first-order valence-corrected chi connectivity index (χ1v) is 8.05. The molecule has 1 aromatic heterocycles. The van der Waals surface area contributed by atoms with Gasteiger partial charge in [-0.1, -0.05) is 12.1 Å². The Balaban J connectivity index is 1.71. The summed E-state index contributed by atoms with van der Waals surface area (Å²) in [6, 6.07) is 8.00. The van der Waals surface area contributed by atoms with Crippen LogP contribution in [0.3, 0.4) is 0 Å². The number of aromatic amines is 1. The Morgan fingerprint density at radius 1 is 1.23 bits per heavy atom. The van der Waals surface area contributed by atoms with Gasteiger partial charge in [-0.05, 0) is 30.7 Å². The smallest absolute Gasteiger partial charge is 0.247 e. The first kappa shape index (κ1) is 16.2. The summed E-state index contributed by atoms with van der Waals surface area (Å²) in [6.45, 7) is 0. The lowest BCUT2D eigenvalue weighted by Gasteiger charge is -2.12. The number of anilines is 1. The molecule has 26 heavy (non-hydrogen) atoms. The monoisotopic (exact) mass is 356 g/mol. The number of fused-ring (bicyclic) bond motifs is 1. The van der Waals surface area contributed by atoms with E-state index in [0.29, 0.717) is 17.5 Å². The maximum Gasteiger partial charge on any atom is 0.247 e. The number of nitrogens with one attached hydrogen (secondary N) is 3. The SMILES string of the molecule is O=C1CC[C@H](C(=O)Nc2ccc3[nH]nc(-c4cccc(F)c4)c3c2F)N1. The van der Waals surface area contributed by atoms with E-state index >= 15 is 4.39 Å². The van der Waals surface area contributed by atoms with Gasteiger partial charge in [0.05, 0.1) is 16.6 Å². The number of rotatable bonds is 3. The van der Waals surface area contributed by atoms with E-state index in [4.69, 9.17) is 0 Å². The molecule has 2 aromatic carbocycles. The maximum absolute atomic E-state index is 15.0. The van der Waals surface area contributed by atoms with Gasteiger partial charge in [0.1, 0.15) is 17.6 Å². The second-order valence-corrected chi connectivity index (χ2v) is 6.08. The van der Waals surface area contributed by atoms with E-state index in [2.05, 4.69) is 20.8 Å². The summed E-state index contributed by atoms with van der Waals surface area (Å²) >= 11 is 0. The fraction of sp³-hybridized carbons (Fsp3) is 0.167. The van der Waals surface area contributed by atoms with Crippen molar-refractivity contribution in [2.75, 3.05) is 5.32 Å². The number of hydrogen-bond donors (Lipinski definition) is 3. The molecule has 0 aliphatic carbocycles. The lowest BCUT2D eigenvalue weighted by atomic mass is 10.1. The fourth-order valence-electron chi connectivity index (χ4n) is 3.04. The molecule has 2 amide bonds. The fourth-order valence-corrected chi connectivity index (χ4v) is 3.04. The van der Waals surface area contributed by atoms with Gasteiger partial charge in [0.2, 0.25) is 11.8 Å². The number of carbonyl (C=O) groups excluding carboxylic acids is 2. The zero-order chi connectivity index (χ0) is 18.3. The normalized spacial score (nSPS) is 16.7. The van der Waals surface area contributed by atoms with Crippen molar-refractivity contribution in [2.24, 2.45) is 0 Å². The average molecular weight is 356 g/mol. The molecule has 1 saturated heterocycles. The zero-order valence-electron chi connectivity index (χ0n) is 13.5. The van der Waals surface area contributed by atoms with Crippen LogP contribution in [0.4, 0.5) is 14.5 Å². The minimum atomic E-state index is -0.676. The van der Waals surface area contributed by atoms with Crippen molar-refractivity contribution < 1.29 is 18.4 Å². The van der Waals surface area contributed by atoms with E-state index in [1.807, 2.05) is 0 Å². The third kappa shape index (κ3) is 2.79. The zero-order valence-corrected chi connectivity index (χ0v) is 13.5. The van der Waals surface area contributed by atoms with Gasteiger partial charge in [-0.2, -0.15) is 5.10 Å². The van der Waals surface area contributed by atoms with Gasteiger partial charge in [0.15, 0.2) is 5.82 Å². The van der Waals surface area contributed by atoms with Gasteiger partial charge in [0, 0.05) is 12.0 Å². The Labute approximate surface area is 146 Å². The van der Waals surface area contributed by atoms with Crippen LogP contribution in [-0.4, -0.2) is 28.1 Å². The van der Waals surface area contributed by atoms with Crippen molar-refractivity contribution >= 4 is 28.4 Å². The number of benzene rings is 2. The van der Waals surface area contributed by atoms with Crippen LogP contribution in [0.15, 0.2) is 36.4 Å². The number of H-pyrrole nitrogens is 1. The summed E-state index contributed by atoms with van der Waals surface area (Å²) in [7, 11) is 0. The van der Waals surface area contributed by atoms with Crippen LogP contribution in [0, 0.1) is 11.6 Å². The molecule has 0 saturated carbocycles. The quantitative estimate of drug-likeness (QED) is 0.674. The van der Waals surface area contributed by atoms with Gasteiger partial charge in [0.25, 0.3) is 0 Å². The van der Waals surface area contributed by atoms with Crippen LogP contribution in [0.25, 0.3) is 22.2 Å². The van der Waals surface area contributed by atoms with E-state index in [1.54, 1.807) is 12.1 Å². The van der Waals surface area contributed by atoms with Gasteiger partial charge in [-0.15, -0.1) is 0 Å². The van der Waals surface area contributed by atoms with E-state index in [0.717, 1.165) is 0 Å². The molecule has 4 rings (SSSR count). The molecule has 3 N–H and O–H groups in total. The van der Waals surface area contributed by atoms with Crippen molar-refractivity contribution in [1.82, 2.24) is 15.5 Å².